The third kappa shape index (κ3) is 7.10. The predicted molar refractivity (Wildman–Crippen MR) is 137 cm³/mol. The number of hydrogen-bond donors (Lipinski definition) is 2. The molecule has 4 atom stereocenters. The summed E-state index contributed by atoms with van der Waals surface area (Å²) in [6.45, 7) is 1.71. The van der Waals surface area contributed by atoms with Gasteiger partial charge in [-0.25, -0.2) is 4.79 Å². The van der Waals surface area contributed by atoms with E-state index >= 15 is 0 Å². The number of piperidine rings is 1. The highest BCUT2D eigenvalue weighted by molar-refractivity contribution is 6.03. The Bertz CT molecular complexity index is 1180. The fourth-order valence-corrected chi connectivity index (χ4v) is 5.22. The maximum absolute atomic E-state index is 13.0. The second-order valence-corrected chi connectivity index (χ2v) is 10.0. The van der Waals surface area contributed by atoms with Crippen LogP contribution in [0.15, 0.2) is 66.7 Å². The molecule has 1 aliphatic carbocycles. The van der Waals surface area contributed by atoms with Crippen LogP contribution in [0.5, 0.6) is 0 Å². The van der Waals surface area contributed by atoms with Gasteiger partial charge in [-0.1, -0.05) is 54.6 Å². The van der Waals surface area contributed by atoms with Crippen LogP contribution in [0.1, 0.15) is 30.4 Å². The quantitative estimate of drug-likeness (QED) is 0.490. The van der Waals surface area contributed by atoms with Gasteiger partial charge >= 0.3 is 12.1 Å². The fraction of sp³-hybridized carbons (Fsp3) is 0.414. The van der Waals surface area contributed by atoms with Gasteiger partial charge in [-0.05, 0) is 73.3 Å². The van der Waals surface area contributed by atoms with Gasteiger partial charge in [0.1, 0.15) is 0 Å². The Labute approximate surface area is 219 Å². The molecule has 0 unspecified atom stereocenters. The van der Waals surface area contributed by atoms with Crippen molar-refractivity contribution in [3.63, 3.8) is 0 Å². The zero-order valence-electron chi connectivity index (χ0n) is 20.9. The van der Waals surface area contributed by atoms with E-state index in [4.69, 9.17) is 9.90 Å². The normalized spacial score (nSPS) is 22.3. The molecule has 9 heteroatoms. The first kappa shape index (κ1) is 27.6. The van der Waals surface area contributed by atoms with Gasteiger partial charge in [0.25, 0.3) is 5.91 Å². The lowest BCUT2D eigenvalue weighted by atomic mass is 9.91. The van der Waals surface area contributed by atoms with Crippen molar-refractivity contribution in [1.82, 2.24) is 5.32 Å². The first-order chi connectivity index (χ1) is 18.1. The Balaban J connectivity index is 0.000000426. The number of alkyl halides is 3. The minimum atomic E-state index is -5.08. The molecule has 6 nitrogen and oxygen atoms in total. The number of carboxylic acids is 1. The number of aliphatic carboxylic acids is 1. The lowest BCUT2D eigenvalue weighted by Gasteiger charge is -2.18. The molecular formula is C29H31F3N2O4. The van der Waals surface area contributed by atoms with Gasteiger partial charge in [0.05, 0.1) is 6.04 Å². The standard InChI is InChI=1S/C27H30N2O2.C2HF3O2/c30-25(27-23-17-22(23)18-28-27)16-20(11-10-19-6-2-1-3-7-19)12-13-26(31)29-15-14-21-8-4-5-9-24(21)29;3-2(4,5)1(6)7/h1-9,12-13,20,22-23,27-28H,10-11,14-18H2;(H,6,7)/b13-12+;/t20-,22+,23+,27-;/m0./s1. The average Bonchev–Trinajstić information content (AvgIpc) is 3.33. The summed E-state index contributed by atoms with van der Waals surface area (Å²) < 4.78 is 31.7. The van der Waals surface area contributed by atoms with E-state index in [2.05, 4.69) is 35.6 Å². The number of anilines is 1. The van der Waals surface area contributed by atoms with Crippen LogP contribution in [0.4, 0.5) is 18.9 Å². The number of nitrogens with one attached hydrogen (secondary N) is 1. The fourth-order valence-electron chi connectivity index (χ4n) is 5.22. The van der Waals surface area contributed by atoms with Crippen molar-refractivity contribution < 1.29 is 32.7 Å². The number of rotatable bonds is 8. The summed E-state index contributed by atoms with van der Waals surface area (Å²) in [6.07, 6.45) is 3.00. The molecule has 2 aliphatic heterocycles. The second kappa shape index (κ2) is 11.9. The van der Waals surface area contributed by atoms with Crippen LogP contribution in [0, 0.1) is 17.8 Å². The van der Waals surface area contributed by atoms with Crippen LogP contribution in [-0.2, 0) is 27.2 Å². The molecule has 5 rings (SSSR count). The maximum Gasteiger partial charge on any atom is 0.490 e. The Hall–Kier alpha value is -3.46. The first-order valence-electron chi connectivity index (χ1n) is 12.8. The molecular weight excluding hydrogens is 497 g/mol. The lowest BCUT2D eigenvalue weighted by molar-refractivity contribution is -0.192. The summed E-state index contributed by atoms with van der Waals surface area (Å²) in [5.74, 6) is -1.09. The van der Waals surface area contributed by atoms with Crippen LogP contribution in [0.3, 0.4) is 0 Å². The summed E-state index contributed by atoms with van der Waals surface area (Å²) in [5.41, 5.74) is 3.52. The highest BCUT2D eigenvalue weighted by atomic mass is 19.4. The number of hydrogen-bond acceptors (Lipinski definition) is 4. The van der Waals surface area contributed by atoms with Crippen molar-refractivity contribution in [2.45, 2.75) is 44.3 Å². The molecule has 2 aromatic rings. The zero-order valence-corrected chi connectivity index (χ0v) is 20.9. The third-order valence-electron chi connectivity index (χ3n) is 7.37. The first-order valence-corrected chi connectivity index (χ1v) is 12.8. The number of para-hydroxylation sites is 1. The average molecular weight is 529 g/mol. The van der Waals surface area contributed by atoms with Gasteiger partial charge < -0.3 is 15.3 Å². The van der Waals surface area contributed by atoms with E-state index < -0.39 is 12.1 Å². The molecule has 202 valence electrons. The Morgan fingerprint density at radius 3 is 2.39 bits per heavy atom. The van der Waals surface area contributed by atoms with Crippen molar-refractivity contribution in [3.05, 3.63) is 77.9 Å². The van der Waals surface area contributed by atoms with Crippen molar-refractivity contribution >= 4 is 23.3 Å². The summed E-state index contributed by atoms with van der Waals surface area (Å²) in [7, 11) is 0. The van der Waals surface area contributed by atoms with Crippen molar-refractivity contribution in [2.24, 2.45) is 17.8 Å². The minimum absolute atomic E-state index is 0.0170. The number of benzene rings is 2. The number of carbonyl (C=O) groups excluding carboxylic acids is 2. The molecule has 0 aromatic heterocycles. The van der Waals surface area contributed by atoms with Gasteiger partial charge in [-0.15, -0.1) is 0 Å². The van der Waals surface area contributed by atoms with Gasteiger partial charge in [-0.3, -0.25) is 9.59 Å². The predicted octanol–water partition coefficient (Wildman–Crippen LogP) is 4.58. The Morgan fingerprint density at radius 2 is 1.76 bits per heavy atom. The number of carbonyl (C=O) groups is 3. The van der Waals surface area contributed by atoms with Crippen LogP contribution >= 0.6 is 0 Å². The SMILES string of the molecule is O=C(C[C@H](/C=C/C(=O)N1CCc2ccccc21)CCc1ccccc1)[C@H]1NC[C@H]2C[C@H]21.O=C(O)C(F)(F)F. The van der Waals surface area contributed by atoms with Crippen molar-refractivity contribution in [1.29, 1.82) is 0 Å². The number of amides is 1. The van der Waals surface area contributed by atoms with Gasteiger partial charge in [0.2, 0.25) is 0 Å². The van der Waals surface area contributed by atoms with Crippen molar-refractivity contribution in [2.75, 3.05) is 18.0 Å². The summed E-state index contributed by atoms with van der Waals surface area (Å²) in [4.78, 5) is 36.7. The van der Waals surface area contributed by atoms with Crippen LogP contribution in [0.2, 0.25) is 0 Å². The number of fused-ring (bicyclic) bond motifs is 2. The highest BCUT2D eigenvalue weighted by Crippen LogP contribution is 2.45. The van der Waals surface area contributed by atoms with Crippen LogP contribution < -0.4 is 10.2 Å². The number of halogens is 3. The van der Waals surface area contributed by atoms with E-state index in [1.807, 2.05) is 35.2 Å². The number of ketones is 1. The third-order valence-corrected chi connectivity index (χ3v) is 7.37. The van der Waals surface area contributed by atoms with Crippen LogP contribution in [-0.4, -0.2) is 48.1 Å². The summed E-state index contributed by atoms with van der Waals surface area (Å²) in [6, 6.07) is 18.5. The molecule has 0 spiro atoms. The van der Waals surface area contributed by atoms with E-state index in [-0.39, 0.29) is 17.9 Å². The molecule has 38 heavy (non-hydrogen) atoms. The van der Waals surface area contributed by atoms with E-state index in [1.165, 1.54) is 17.5 Å². The van der Waals surface area contributed by atoms with Gasteiger partial charge in [0, 0.05) is 18.7 Å². The molecule has 1 saturated carbocycles. The van der Waals surface area contributed by atoms with E-state index in [0.29, 0.717) is 24.0 Å². The second-order valence-electron chi connectivity index (χ2n) is 10.0. The number of aryl methyl sites for hydroxylation is 1. The maximum atomic E-state index is 13.0. The van der Waals surface area contributed by atoms with Crippen LogP contribution in [0.25, 0.3) is 0 Å². The van der Waals surface area contributed by atoms with E-state index in [9.17, 15) is 22.8 Å². The topological polar surface area (TPSA) is 86.7 Å². The minimum Gasteiger partial charge on any atom is -0.475 e. The van der Waals surface area contributed by atoms with Gasteiger partial charge in [-0.2, -0.15) is 13.2 Å². The highest BCUT2D eigenvalue weighted by Gasteiger charge is 2.50. The summed E-state index contributed by atoms with van der Waals surface area (Å²) >= 11 is 0. The molecule has 0 radical (unpaired) electrons. The molecule has 1 amide bonds. The molecule has 2 N–H and O–H groups in total. The van der Waals surface area contributed by atoms with E-state index in [0.717, 1.165) is 38.0 Å². The number of nitrogens with zero attached hydrogens (tertiary/aromatic N) is 1. The number of Topliss-reactive ketones (excluding diaryl/α,β-unsaturated/α-hetero) is 1. The van der Waals surface area contributed by atoms with Gasteiger partial charge in [0.15, 0.2) is 5.78 Å². The molecule has 3 aliphatic rings. The monoisotopic (exact) mass is 528 g/mol. The lowest BCUT2D eigenvalue weighted by Crippen LogP contribution is -2.35. The van der Waals surface area contributed by atoms with Crippen molar-refractivity contribution in [3.8, 4) is 0 Å². The molecule has 1 saturated heterocycles. The molecule has 2 heterocycles. The molecule has 2 fully saturated rings. The van der Waals surface area contributed by atoms with E-state index in [1.54, 1.807) is 6.08 Å². The smallest absolute Gasteiger partial charge is 0.475 e. The number of carboxylic acid groups (broad SMARTS) is 1. The largest absolute Gasteiger partial charge is 0.490 e. The molecule has 2 aromatic carbocycles. The zero-order chi connectivity index (χ0) is 27.3. The molecule has 0 bridgehead atoms. The summed E-state index contributed by atoms with van der Waals surface area (Å²) in [5, 5.41) is 10.5. The Kier molecular flexibility index (Phi) is 8.66. The Morgan fingerprint density at radius 1 is 1.08 bits per heavy atom. The number of allylic oxidation sites excluding steroid dienone is 1.